The fraction of sp³-hybridized carbons (Fsp3) is 0.0714. The van der Waals surface area contributed by atoms with Crippen LogP contribution in [0.2, 0.25) is 0 Å². The SMILES string of the molecule is O=C(NCc1cc(Br)ccc1F)c1cccc(Br)c1F. The second-order valence-corrected chi connectivity index (χ2v) is 5.79. The maximum absolute atomic E-state index is 13.7. The Balaban J connectivity index is 2.13. The highest BCUT2D eigenvalue weighted by atomic mass is 79.9. The molecule has 0 bridgehead atoms. The van der Waals surface area contributed by atoms with Crippen molar-refractivity contribution in [1.82, 2.24) is 5.32 Å². The van der Waals surface area contributed by atoms with Crippen LogP contribution in [0.1, 0.15) is 15.9 Å². The van der Waals surface area contributed by atoms with E-state index in [1.54, 1.807) is 18.2 Å². The lowest BCUT2D eigenvalue weighted by Crippen LogP contribution is -2.24. The van der Waals surface area contributed by atoms with Crippen molar-refractivity contribution in [3.05, 3.63) is 68.1 Å². The highest BCUT2D eigenvalue weighted by molar-refractivity contribution is 9.10. The Morgan fingerprint density at radius 3 is 2.65 bits per heavy atom. The molecule has 6 heteroatoms. The summed E-state index contributed by atoms with van der Waals surface area (Å²) in [6, 6.07) is 8.85. The molecule has 0 unspecified atom stereocenters. The smallest absolute Gasteiger partial charge is 0.254 e. The van der Waals surface area contributed by atoms with Gasteiger partial charge in [-0.3, -0.25) is 4.79 Å². The van der Waals surface area contributed by atoms with Gasteiger partial charge >= 0.3 is 0 Å². The summed E-state index contributed by atoms with van der Waals surface area (Å²) in [5, 5.41) is 2.49. The van der Waals surface area contributed by atoms with Crippen LogP contribution < -0.4 is 5.32 Å². The van der Waals surface area contributed by atoms with Crippen molar-refractivity contribution in [3.8, 4) is 0 Å². The highest BCUT2D eigenvalue weighted by Gasteiger charge is 2.14. The van der Waals surface area contributed by atoms with Gasteiger partial charge in [0.1, 0.15) is 11.6 Å². The maximum Gasteiger partial charge on any atom is 0.254 e. The summed E-state index contributed by atoms with van der Waals surface area (Å²) in [5.41, 5.74) is 0.234. The Morgan fingerprint density at radius 1 is 1.15 bits per heavy atom. The van der Waals surface area contributed by atoms with Crippen molar-refractivity contribution in [2.24, 2.45) is 0 Å². The van der Waals surface area contributed by atoms with E-state index >= 15 is 0 Å². The van der Waals surface area contributed by atoms with Crippen LogP contribution in [0.15, 0.2) is 45.3 Å². The van der Waals surface area contributed by atoms with E-state index in [-0.39, 0.29) is 16.6 Å². The van der Waals surface area contributed by atoms with E-state index in [2.05, 4.69) is 37.2 Å². The van der Waals surface area contributed by atoms with Gasteiger partial charge in [-0.25, -0.2) is 8.78 Å². The van der Waals surface area contributed by atoms with Crippen molar-refractivity contribution in [2.75, 3.05) is 0 Å². The van der Waals surface area contributed by atoms with E-state index in [1.165, 1.54) is 18.2 Å². The molecule has 0 aliphatic heterocycles. The first-order valence-corrected chi connectivity index (χ1v) is 7.24. The van der Waals surface area contributed by atoms with Gasteiger partial charge in [-0.15, -0.1) is 0 Å². The molecule has 0 atom stereocenters. The van der Waals surface area contributed by atoms with Crippen LogP contribution in [0.4, 0.5) is 8.78 Å². The lowest BCUT2D eigenvalue weighted by Gasteiger charge is -2.08. The van der Waals surface area contributed by atoms with Gasteiger partial charge in [0.2, 0.25) is 0 Å². The lowest BCUT2D eigenvalue weighted by atomic mass is 10.1. The third kappa shape index (κ3) is 3.43. The first-order chi connectivity index (χ1) is 9.49. The third-order valence-electron chi connectivity index (χ3n) is 2.64. The molecule has 2 aromatic rings. The first-order valence-electron chi connectivity index (χ1n) is 5.65. The molecule has 1 amide bonds. The molecular formula is C14H9Br2F2NO. The first kappa shape index (κ1) is 15.1. The number of nitrogens with one attached hydrogen (secondary N) is 1. The standard InChI is InChI=1S/C14H9Br2F2NO/c15-9-4-5-12(17)8(6-9)7-19-14(20)10-2-1-3-11(16)13(10)18/h1-6H,7H2,(H,19,20). The number of carbonyl (C=O) groups excluding carboxylic acids is 1. The monoisotopic (exact) mass is 403 g/mol. The predicted octanol–water partition coefficient (Wildman–Crippen LogP) is 4.42. The Morgan fingerprint density at radius 2 is 1.90 bits per heavy atom. The molecule has 0 radical (unpaired) electrons. The molecule has 0 saturated carbocycles. The maximum atomic E-state index is 13.7. The third-order valence-corrected chi connectivity index (χ3v) is 3.75. The molecule has 20 heavy (non-hydrogen) atoms. The number of hydrogen-bond donors (Lipinski definition) is 1. The quantitative estimate of drug-likeness (QED) is 0.805. The number of carbonyl (C=O) groups is 1. The van der Waals surface area contributed by atoms with E-state index < -0.39 is 17.5 Å². The predicted molar refractivity (Wildman–Crippen MR) is 79.4 cm³/mol. The Kier molecular flexibility index (Phi) is 4.88. The van der Waals surface area contributed by atoms with Crippen molar-refractivity contribution in [3.63, 3.8) is 0 Å². The molecule has 1 N–H and O–H groups in total. The fourth-order valence-electron chi connectivity index (χ4n) is 1.63. The van der Waals surface area contributed by atoms with Crippen molar-refractivity contribution < 1.29 is 13.6 Å². The van der Waals surface area contributed by atoms with Crippen LogP contribution in [0.25, 0.3) is 0 Å². The fourth-order valence-corrected chi connectivity index (χ4v) is 2.40. The molecule has 0 heterocycles. The summed E-state index contributed by atoms with van der Waals surface area (Å²) < 4.78 is 28.2. The molecule has 0 aromatic heterocycles. The number of halogens is 4. The molecule has 0 aliphatic carbocycles. The summed E-state index contributed by atoms with van der Waals surface area (Å²) in [4.78, 5) is 11.9. The van der Waals surface area contributed by atoms with Gasteiger partial charge < -0.3 is 5.32 Å². The van der Waals surface area contributed by atoms with Crippen LogP contribution in [0.3, 0.4) is 0 Å². The number of benzene rings is 2. The lowest BCUT2D eigenvalue weighted by molar-refractivity contribution is 0.0946. The van der Waals surface area contributed by atoms with Crippen molar-refractivity contribution in [1.29, 1.82) is 0 Å². The zero-order chi connectivity index (χ0) is 14.7. The van der Waals surface area contributed by atoms with Crippen LogP contribution >= 0.6 is 31.9 Å². The molecule has 0 fully saturated rings. The van der Waals surface area contributed by atoms with E-state index in [0.717, 1.165) is 0 Å². The average molecular weight is 405 g/mol. The van der Waals surface area contributed by atoms with Crippen LogP contribution in [-0.2, 0) is 6.54 Å². The Hall–Kier alpha value is -1.27. The summed E-state index contributed by atoms with van der Waals surface area (Å²) in [5.74, 6) is -1.66. The van der Waals surface area contributed by atoms with Crippen LogP contribution in [-0.4, -0.2) is 5.91 Å². The summed E-state index contributed by atoms with van der Waals surface area (Å²) in [7, 11) is 0. The van der Waals surface area contributed by atoms with E-state index in [9.17, 15) is 13.6 Å². The summed E-state index contributed by atoms with van der Waals surface area (Å²) >= 11 is 6.23. The largest absolute Gasteiger partial charge is 0.348 e. The van der Waals surface area contributed by atoms with Gasteiger partial charge in [0.15, 0.2) is 0 Å². The van der Waals surface area contributed by atoms with Gasteiger partial charge in [0.25, 0.3) is 5.91 Å². The zero-order valence-corrected chi connectivity index (χ0v) is 13.3. The molecule has 2 aromatic carbocycles. The van der Waals surface area contributed by atoms with Gasteiger partial charge in [0, 0.05) is 16.6 Å². The zero-order valence-electron chi connectivity index (χ0n) is 10.1. The van der Waals surface area contributed by atoms with Gasteiger partial charge in [-0.2, -0.15) is 0 Å². The number of hydrogen-bond acceptors (Lipinski definition) is 1. The molecular weight excluding hydrogens is 396 g/mol. The van der Waals surface area contributed by atoms with Crippen molar-refractivity contribution in [2.45, 2.75) is 6.54 Å². The van der Waals surface area contributed by atoms with Gasteiger partial charge in [-0.1, -0.05) is 22.0 Å². The molecule has 0 spiro atoms. The normalized spacial score (nSPS) is 10.4. The second-order valence-electron chi connectivity index (χ2n) is 4.02. The Labute approximate surface area is 131 Å². The molecule has 0 saturated heterocycles. The van der Waals surface area contributed by atoms with Crippen LogP contribution in [0.5, 0.6) is 0 Å². The van der Waals surface area contributed by atoms with E-state index in [1.807, 2.05) is 0 Å². The molecule has 0 aliphatic rings. The minimum absolute atomic E-state index is 0.0178. The summed E-state index contributed by atoms with van der Waals surface area (Å²) in [6.45, 7) is -0.0178. The van der Waals surface area contributed by atoms with Crippen molar-refractivity contribution >= 4 is 37.8 Å². The molecule has 2 nitrogen and oxygen atoms in total. The topological polar surface area (TPSA) is 29.1 Å². The van der Waals surface area contributed by atoms with E-state index in [0.29, 0.717) is 10.0 Å². The second kappa shape index (κ2) is 6.45. The van der Waals surface area contributed by atoms with Crippen LogP contribution in [0, 0.1) is 11.6 Å². The van der Waals surface area contributed by atoms with E-state index in [4.69, 9.17) is 0 Å². The highest BCUT2D eigenvalue weighted by Crippen LogP contribution is 2.19. The molecule has 2 rings (SSSR count). The number of rotatable bonds is 3. The minimum Gasteiger partial charge on any atom is -0.348 e. The average Bonchev–Trinajstić information content (AvgIpc) is 2.42. The summed E-state index contributed by atoms with van der Waals surface area (Å²) in [6.07, 6.45) is 0. The van der Waals surface area contributed by atoms with Gasteiger partial charge in [0.05, 0.1) is 10.0 Å². The van der Waals surface area contributed by atoms with Gasteiger partial charge in [-0.05, 0) is 46.3 Å². The number of amides is 1. The Bertz CT molecular complexity index is 662. The minimum atomic E-state index is -0.639. The molecule has 104 valence electrons.